The Morgan fingerprint density at radius 2 is 2.26 bits per heavy atom. The van der Waals surface area contributed by atoms with Crippen LogP contribution in [0, 0.1) is 6.92 Å². The molecule has 0 saturated carbocycles. The molecule has 2 aromatic heterocycles. The highest BCUT2D eigenvalue weighted by Crippen LogP contribution is 2.32. The van der Waals surface area contributed by atoms with Gasteiger partial charge in [-0.3, -0.25) is 4.98 Å². The van der Waals surface area contributed by atoms with Crippen LogP contribution in [0.3, 0.4) is 0 Å². The molecule has 0 aliphatic carbocycles. The third-order valence-corrected chi connectivity index (χ3v) is 5.24. The van der Waals surface area contributed by atoms with E-state index in [9.17, 15) is 4.79 Å². The highest BCUT2D eigenvalue weighted by Gasteiger charge is 2.20. The van der Waals surface area contributed by atoms with Gasteiger partial charge < -0.3 is 19.9 Å². The Balaban J connectivity index is 0.000000364. The van der Waals surface area contributed by atoms with Gasteiger partial charge in [0.15, 0.2) is 0 Å². The molecule has 1 aromatic carbocycles. The highest BCUT2D eigenvalue weighted by molar-refractivity contribution is 7.07. The van der Waals surface area contributed by atoms with E-state index in [1.807, 2.05) is 36.3 Å². The first-order valence-electron chi connectivity index (χ1n) is 8.88. The Hall–Kier alpha value is -2.25. The van der Waals surface area contributed by atoms with Crippen LogP contribution in [0.1, 0.15) is 24.6 Å². The smallest absolute Gasteiger partial charge is 0.317 e. The van der Waals surface area contributed by atoms with Crippen molar-refractivity contribution in [1.29, 1.82) is 0 Å². The lowest BCUT2D eigenvalue weighted by atomic mass is 10.1. The predicted octanol–water partition coefficient (Wildman–Crippen LogP) is 4.59. The molecule has 0 bridgehead atoms. The fraction of sp³-hybridized carbons (Fsp3) is 0.368. The quantitative estimate of drug-likeness (QED) is 0.665. The number of nitrogens with one attached hydrogen (secondary N) is 2. The number of nitrogens with zero attached hydrogens (tertiary/aromatic N) is 2. The monoisotopic (exact) mass is 406 g/mol. The maximum Gasteiger partial charge on any atom is 0.317 e. The molecule has 6 nitrogen and oxygen atoms in total. The summed E-state index contributed by atoms with van der Waals surface area (Å²) in [5.41, 5.74) is 4.86. The molecule has 2 N–H and O–H groups in total. The van der Waals surface area contributed by atoms with Crippen LogP contribution >= 0.6 is 22.9 Å². The third kappa shape index (κ3) is 4.73. The number of amides is 2. The van der Waals surface area contributed by atoms with Crippen molar-refractivity contribution in [2.24, 2.45) is 0 Å². The first-order chi connectivity index (χ1) is 13.1. The standard InChI is InChI=1S/C16H20ClN3O2.C3H3NS/c1-3-22-15-8-13-11(7-12(15)17)10(2)14(19-13)9-18-16(21)20-5-4-6-20;1-2-5-3-4-1/h7-8,19H,3-6,9H2,1-2H3,(H,18,21);1-3H. The number of hydrogen-bond acceptors (Lipinski definition) is 4. The van der Waals surface area contributed by atoms with Crippen LogP contribution in [0.25, 0.3) is 10.9 Å². The normalized spacial score (nSPS) is 12.9. The minimum atomic E-state index is -0.00246. The molecule has 1 fully saturated rings. The Kier molecular flexibility index (Phi) is 6.58. The molecule has 8 heteroatoms. The zero-order chi connectivity index (χ0) is 19.2. The van der Waals surface area contributed by atoms with Crippen LogP contribution < -0.4 is 10.1 Å². The molecule has 0 atom stereocenters. The van der Waals surface area contributed by atoms with Crippen molar-refractivity contribution in [3.8, 4) is 5.75 Å². The van der Waals surface area contributed by atoms with Crippen molar-refractivity contribution in [2.75, 3.05) is 19.7 Å². The summed E-state index contributed by atoms with van der Waals surface area (Å²) in [6.45, 7) is 6.72. The van der Waals surface area contributed by atoms with Crippen LogP contribution in [-0.2, 0) is 6.54 Å². The van der Waals surface area contributed by atoms with Crippen molar-refractivity contribution in [3.05, 3.63) is 45.5 Å². The Morgan fingerprint density at radius 3 is 2.81 bits per heavy atom. The number of aromatic nitrogens is 2. The lowest BCUT2D eigenvalue weighted by Gasteiger charge is -2.30. The van der Waals surface area contributed by atoms with Gasteiger partial charge in [-0.25, -0.2) is 4.79 Å². The van der Waals surface area contributed by atoms with Crippen LogP contribution in [0.4, 0.5) is 4.79 Å². The van der Waals surface area contributed by atoms with Gasteiger partial charge in [-0.1, -0.05) is 11.6 Å². The summed E-state index contributed by atoms with van der Waals surface area (Å²) in [4.78, 5) is 20.8. The van der Waals surface area contributed by atoms with Gasteiger partial charge in [0.2, 0.25) is 0 Å². The van der Waals surface area contributed by atoms with Gasteiger partial charge in [-0.15, -0.1) is 11.3 Å². The summed E-state index contributed by atoms with van der Waals surface area (Å²) in [7, 11) is 0. The molecule has 4 rings (SSSR count). The molecule has 3 aromatic rings. The number of carbonyl (C=O) groups excluding carboxylic acids is 1. The van der Waals surface area contributed by atoms with Crippen molar-refractivity contribution in [1.82, 2.24) is 20.2 Å². The second-order valence-electron chi connectivity index (χ2n) is 6.16. The number of aryl methyl sites for hydroxylation is 1. The van der Waals surface area contributed by atoms with Crippen LogP contribution in [-0.4, -0.2) is 40.6 Å². The molecule has 1 aliphatic rings. The molecular formula is C19H23ClN4O2S. The number of urea groups is 1. The van der Waals surface area contributed by atoms with Crippen LogP contribution in [0.15, 0.2) is 29.2 Å². The zero-order valence-electron chi connectivity index (χ0n) is 15.4. The molecule has 0 unspecified atom stereocenters. The minimum Gasteiger partial charge on any atom is -0.492 e. The van der Waals surface area contributed by atoms with Crippen LogP contribution in [0.5, 0.6) is 5.75 Å². The van der Waals surface area contributed by atoms with Gasteiger partial charge in [0.25, 0.3) is 0 Å². The van der Waals surface area contributed by atoms with E-state index in [1.54, 1.807) is 23.0 Å². The van der Waals surface area contributed by atoms with Gasteiger partial charge in [0, 0.05) is 47.3 Å². The number of thiazole rings is 1. The second-order valence-corrected chi connectivity index (χ2v) is 7.33. The van der Waals surface area contributed by atoms with Crippen molar-refractivity contribution in [3.63, 3.8) is 0 Å². The maximum atomic E-state index is 11.9. The van der Waals surface area contributed by atoms with E-state index < -0.39 is 0 Å². The first kappa shape index (κ1) is 19.5. The topological polar surface area (TPSA) is 70.2 Å². The van der Waals surface area contributed by atoms with E-state index in [1.165, 1.54) is 0 Å². The summed E-state index contributed by atoms with van der Waals surface area (Å²) in [5, 5.41) is 6.54. The largest absolute Gasteiger partial charge is 0.492 e. The van der Waals surface area contributed by atoms with E-state index in [4.69, 9.17) is 16.3 Å². The molecule has 2 amide bonds. The number of hydrogen-bond donors (Lipinski definition) is 2. The summed E-state index contributed by atoms with van der Waals surface area (Å²) in [6, 6.07) is 3.82. The fourth-order valence-electron chi connectivity index (χ4n) is 2.80. The maximum absolute atomic E-state index is 11.9. The van der Waals surface area contributed by atoms with Gasteiger partial charge >= 0.3 is 6.03 Å². The van der Waals surface area contributed by atoms with Crippen LogP contribution in [0.2, 0.25) is 5.02 Å². The molecule has 1 aliphatic heterocycles. The third-order valence-electron chi connectivity index (χ3n) is 4.42. The number of likely N-dealkylation sites (tertiary alicyclic amines) is 1. The Morgan fingerprint density at radius 1 is 1.44 bits per heavy atom. The second kappa shape index (κ2) is 9.10. The number of fused-ring (bicyclic) bond motifs is 1. The molecule has 3 heterocycles. The number of halogens is 1. The van der Waals surface area contributed by atoms with E-state index in [0.29, 0.717) is 23.9 Å². The summed E-state index contributed by atoms with van der Waals surface area (Å²) < 4.78 is 5.52. The fourth-order valence-corrected chi connectivity index (χ4v) is 3.37. The number of ether oxygens (including phenoxy) is 1. The average Bonchev–Trinajstić information content (AvgIpc) is 3.26. The van der Waals surface area contributed by atoms with Gasteiger partial charge in [0.05, 0.1) is 23.7 Å². The molecule has 144 valence electrons. The number of H-pyrrole nitrogens is 1. The van der Waals surface area contributed by atoms with Crippen molar-refractivity contribution in [2.45, 2.75) is 26.8 Å². The van der Waals surface area contributed by atoms with E-state index in [0.717, 1.165) is 41.7 Å². The number of carbonyl (C=O) groups is 1. The van der Waals surface area contributed by atoms with Gasteiger partial charge in [-0.2, -0.15) is 0 Å². The lowest BCUT2D eigenvalue weighted by Crippen LogP contribution is -2.47. The molecule has 0 spiro atoms. The minimum absolute atomic E-state index is 0.00246. The van der Waals surface area contributed by atoms with E-state index >= 15 is 0 Å². The summed E-state index contributed by atoms with van der Waals surface area (Å²) >= 11 is 7.85. The van der Waals surface area contributed by atoms with Crippen molar-refractivity contribution >= 4 is 39.9 Å². The Labute approximate surface area is 167 Å². The van der Waals surface area contributed by atoms with Gasteiger partial charge in [0.1, 0.15) is 5.75 Å². The molecule has 1 saturated heterocycles. The number of benzene rings is 1. The zero-order valence-corrected chi connectivity index (χ0v) is 17.0. The first-order valence-corrected chi connectivity index (χ1v) is 10.2. The SMILES string of the molecule is CCOc1cc2[nH]c(CNC(=O)N3CCC3)c(C)c2cc1Cl.c1cscn1. The molecule has 27 heavy (non-hydrogen) atoms. The predicted molar refractivity (Wildman–Crippen MR) is 110 cm³/mol. The number of aromatic amines is 1. The van der Waals surface area contributed by atoms with E-state index in [2.05, 4.69) is 15.3 Å². The van der Waals surface area contributed by atoms with E-state index in [-0.39, 0.29) is 6.03 Å². The van der Waals surface area contributed by atoms with Crippen molar-refractivity contribution < 1.29 is 9.53 Å². The number of rotatable bonds is 4. The summed E-state index contributed by atoms with van der Waals surface area (Å²) in [5.74, 6) is 0.675. The molecular weight excluding hydrogens is 384 g/mol. The van der Waals surface area contributed by atoms with Gasteiger partial charge in [-0.05, 0) is 31.9 Å². The summed E-state index contributed by atoms with van der Waals surface area (Å²) in [6.07, 6.45) is 2.86. The molecule has 0 radical (unpaired) electrons. The lowest BCUT2D eigenvalue weighted by molar-refractivity contribution is 0.167. The highest BCUT2D eigenvalue weighted by atomic mass is 35.5. The average molecular weight is 407 g/mol. The Bertz CT molecular complexity index is 874.